The molecule has 3 heterocycles. The van der Waals surface area contributed by atoms with Gasteiger partial charge in [0, 0.05) is 56.1 Å². The van der Waals surface area contributed by atoms with E-state index in [1.807, 2.05) is 23.1 Å². The first-order valence-corrected chi connectivity index (χ1v) is 13.7. The van der Waals surface area contributed by atoms with Gasteiger partial charge in [-0.25, -0.2) is 4.79 Å². The maximum absolute atomic E-state index is 13.6. The van der Waals surface area contributed by atoms with Crippen LogP contribution in [0.1, 0.15) is 56.5 Å². The fourth-order valence-electron chi connectivity index (χ4n) is 5.47. The summed E-state index contributed by atoms with van der Waals surface area (Å²) >= 11 is 6.13. The van der Waals surface area contributed by atoms with E-state index in [0.717, 1.165) is 11.6 Å². The number of hydrogen-bond acceptors (Lipinski definition) is 4. The smallest absolute Gasteiger partial charge is 0.351 e. The molecule has 3 amide bonds. The number of urea groups is 1. The van der Waals surface area contributed by atoms with Crippen LogP contribution in [0.3, 0.4) is 0 Å². The maximum Gasteiger partial charge on any atom is 0.433 e. The Morgan fingerprint density at radius 1 is 1.05 bits per heavy atom. The van der Waals surface area contributed by atoms with Gasteiger partial charge in [-0.15, -0.1) is 0 Å². The molecule has 216 valence electrons. The molecule has 2 aliphatic heterocycles. The number of benzene rings is 1. The highest BCUT2D eigenvalue weighted by atomic mass is 35.5. The van der Waals surface area contributed by atoms with Crippen LogP contribution in [-0.4, -0.2) is 63.8 Å². The Bertz CT molecular complexity index is 1230. The SMILES string of the molecule is CC(C)(C)[C@H]1CN(C(c2ccc(Cl)cc2)c2ccc(C(F)(F)F)nc2)CCN1C(=O)CC1C=CN(C(N)=O)CC1. The molecule has 2 unspecified atom stereocenters. The van der Waals surface area contributed by atoms with Crippen molar-refractivity contribution >= 4 is 23.5 Å². The molecule has 1 saturated heterocycles. The first kappa shape index (κ1) is 29.9. The first-order valence-electron chi connectivity index (χ1n) is 13.3. The largest absolute Gasteiger partial charge is 0.433 e. The van der Waals surface area contributed by atoms with Crippen molar-refractivity contribution in [3.63, 3.8) is 0 Å². The van der Waals surface area contributed by atoms with Gasteiger partial charge in [-0.3, -0.25) is 14.7 Å². The number of nitrogens with two attached hydrogens (primary N) is 1. The van der Waals surface area contributed by atoms with Gasteiger partial charge in [-0.05, 0) is 47.1 Å². The Kier molecular flexibility index (Phi) is 8.80. The molecule has 0 aliphatic carbocycles. The molecule has 0 saturated carbocycles. The van der Waals surface area contributed by atoms with E-state index >= 15 is 0 Å². The second-order valence-electron chi connectivity index (χ2n) is 11.5. The molecular formula is C29H35ClF3N5O2. The Labute approximate surface area is 237 Å². The summed E-state index contributed by atoms with van der Waals surface area (Å²) in [6.07, 6.45) is 1.27. The maximum atomic E-state index is 13.6. The van der Waals surface area contributed by atoms with Crippen LogP contribution in [0.25, 0.3) is 0 Å². The minimum Gasteiger partial charge on any atom is -0.351 e. The van der Waals surface area contributed by atoms with E-state index in [1.165, 1.54) is 17.2 Å². The molecule has 1 aromatic heterocycles. The zero-order valence-corrected chi connectivity index (χ0v) is 23.6. The zero-order valence-electron chi connectivity index (χ0n) is 22.9. The van der Waals surface area contributed by atoms with E-state index in [-0.39, 0.29) is 29.3 Å². The molecule has 11 heteroatoms. The number of amides is 3. The van der Waals surface area contributed by atoms with E-state index in [2.05, 4.69) is 30.7 Å². The van der Waals surface area contributed by atoms with Crippen LogP contribution in [0.2, 0.25) is 5.02 Å². The summed E-state index contributed by atoms with van der Waals surface area (Å²) in [5.74, 6) is 0.0581. The molecule has 0 spiro atoms. The number of alkyl halides is 3. The van der Waals surface area contributed by atoms with Gasteiger partial charge in [-0.1, -0.05) is 56.6 Å². The summed E-state index contributed by atoms with van der Waals surface area (Å²) in [6.45, 7) is 8.27. The third-order valence-electron chi connectivity index (χ3n) is 7.67. The van der Waals surface area contributed by atoms with Crippen LogP contribution in [0, 0.1) is 11.3 Å². The highest BCUT2D eigenvalue weighted by Crippen LogP contribution is 2.37. The van der Waals surface area contributed by atoms with Crippen molar-refractivity contribution in [1.29, 1.82) is 0 Å². The van der Waals surface area contributed by atoms with Crippen molar-refractivity contribution in [2.24, 2.45) is 17.1 Å². The summed E-state index contributed by atoms with van der Waals surface area (Å²) in [5, 5.41) is 0.562. The number of carbonyl (C=O) groups excluding carboxylic acids is 2. The highest BCUT2D eigenvalue weighted by Gasteiger charge is 2.41. The van der Waals surface area contributed by atoms with Crippen molar-refractivity contribution in [1.82, 2.24) is 19.7 Å². The molecule has 4 rings (SSSR count). The average Bonchev–Trinajstić information content (AvgIpc) is 2.89. The number of rotatable bonds is 5. The Balaban J connectivity index is 1.58. The van der Waals surface area contributed by atoms with Crippen LogP contribution in [0.4, 0.5) is 18.0 Å². The van der Waals surface area contributed by atoms with Gasteiger partial charge in [0.2, 0.25) is 5.91 Å². The van der Waals surface area contributed by atoms with E-state index < -0.39 is 17.9 Å². The van der Waals surface area contributed by atoms with Gasteiger partial charge in [0.1, 0.15) is 5.69 Å². The minimum absolute atomic E-state index is 0.0155. The molecule has 40 heavy (non-hydrogen) atoms. The number of primary amides is 1. The van der Waals surface area contributed by atoms with Crippen molar-refractivity contribution < 1.29 is 22.8 Å². The summed E-state index contributed by atoms with van der Waals surface area (Å²) in [6, 6.07) is 8.75. The molecule has 0 bridgehead atoms. The fraction of sp³-hybridized carbons (Fsp3) is 0.483. The highest BCUT2D eigenvalue weighted by molar-refractivity contribution is 6.30. The van der Waals surface area contributed by atoms with Crippen LogP contribution in [0.15, 0.2) is 54.9 Å². The number of hydrogen-bond donors (Lipinski definition) is 1. The van der Waals surface area contributed by atoms with E-state index in [9.17, 15) is 22.8 Å². The van der Waals surface area contributed by atoms with E-state index in [4.69, 9.17) is 17.3 Å². The van der Waals surface area contributed by atoms with Crippen LogP contribution in [0.5, 0.6) is 0 Å². The summed E-state index contributed by atoms with van der Waals surface area (Å²) < 4.78 is 39.6. The second kappa shape index (κ2) is 11.8. The molecule has 2 aliphatic rings. The number of carbonyl (C=O) groups is 2. The van der Waals surface area contributed by atoms with Crippen LogP contribution < -0.4 is 5.73 Å². The Morgan fingerprint density at radius 2 is 1.73 bits per heavy atom. The normalized spacial score (nSPS) is 21.4. The summed E-state index contributed by atoms with van der Waals surface area (Å²) in [4.78, 5) is 34.3. The van der Waals surface area contributed by atoms with Crippen molar-refractivity contribution in [2.45, 2.75) is 51.9 Å². The summed E-state index contributed by atoms with van der Waals surface area (Å²) in [7, 11) is 0. The number of allylic oxidation sites excluding steroid dienone is 1. The number of halogens is 4. The lowest BCUT2D eigenvalue weighted by atomic mass is 9.82. The molecule has 2 aromatic rings. The van der Waals surface area contributed by atoms with Crippen LogP contribution in [-0.2, 0) is 11.0 Å². The number of pyridine rings is 1. The van der Waals surface area contributed by atoms with Gasteiger partial charge >= 0.3 is 12.2 Å². The number of piperazine rings is 1. The standard InChI is InChI=1S/C29H35ClF3N5O2/c1-28(2,3)24-18-37(14-15-38(24)25(39)16-19-10-12-36(13-11-19)27(34)40)26(20-4-7-22(30)8-5-20)21-6-9-23(35-17-21)29(31,32)33/h4-10,12,17,19,24,26H,11,13-16,18H2,1-3H3,(H2,34,40)/t19?,24-,26?/m1/s1. The van der Waals surface area contributed by atoms with Gasteiger partial charge in [-0.2, -0.15) is 13.2 Å². The quantitative estimate of drug-likeness (QED) is 0.494. The van der Waals surface area contributed by atoms with Gasteiger partial charge < -0.3 is 15.5 Å². The summed E-state index contributed by atoms with van der Waals surface area (Å²) in [5.41, 5.74) is 5.66. The average molecular weight is 578 g/mol. The minimum atomic E-state index is -4.52. The van der Waals surface area contributed by atoms with Gasteiger partial charge in [0.15, 0.2) is 0 Å². The lowest BCUT2D eigenvalue weighted by Crippen LogP contribution is -2.60. The van der Waals surface area contributed by atoms with Gasteiger partial charge in [0.25, 0.3) is 0 Å². The van der Waals surface area contributed by atoms with E-state index in [1.54, 1.807) is 18.3 Å². The predicted octanol–water partition coefficient (Wildman–Crippen LogP) is 5.71. The van der Waals surface area contributed by atoms with E-state index in [0.29, 0.717) is 49.6 Å². The van der Waals surface area contributed by atoms with Crippen molar-refractivity contribution in [2.75, 3.05) is 26.2 Å². The third-order valence-corrected chi connectivity index (χ3v) is 7.93. The van der Waals surface area contributed by atoms with Gasteiger partial charge in [0.05, 0.1) is 6.04 Å². The second-order valence-corrected chi connectivity index (χ2v) is 12.0. The Morgan fingerprint density at radius 3 is 2.25 bits per heavy atom. The Hall–Kier alpha value is -3.11. The van der Waals surface area contributed by atoms with Crippen molar-refractivity contribution in [3.8, 4) is 0 Å². The topological polar surface area (TPSA) is 82.8 Å². The molecule has 1 aromatic carbocycles. The lowest BCUT2D eigenvalue weighted by molar-refractivity contribution is -0.141. The molecule has 0 radical (unpaired) electrons. The molecular weight excluding hydrogens is 543 g/mol. The first-order chi connectivity index (χ1) is 18.7. The molecule has 2 N–H and O–H groups in total. The number of nitrogens with zero attached hydrogens (tertiary/aromatic N) is 4. The molecule has 7 nitrogen and oxygen atoms in total. The number of aromatic nitrogens is 1. The predicted molar refractivity (Wildman–Crippen MR) is 147 cm³/mol. The lowest BCUT2D eigenvalue weighted by Gasteiger charge is -2.49. The van der Waals surface area contributed by atoms with Crippen LogP contribution >= 0.6 is 11.6 Å². The molecule has 1 fully saturated rings. The molecule has 3 atom stereocenters. The monoisotopic (exact) mass is 577 g/mol. The third kappa shape index (κ3) is 6.96. The zero-order chi connectivity index (χ0) is 29.2. The van der Waals surface area contributed by atoms with Crippen molar-refractivity contribution in [3.05, 3.63) is 76.7 Å². The fourth-order valence-corrected chi connectivity index (χ4v) is 5.59.